The van der Waals surface area contributed by atoms with E-state index < -0.39 is 0 Å². The molecule has 24 heavy (non-hydrogen) atoms. The summed E-state index contributed by atoms with van der Waals surface area (Å²) in [4.78, 5) is 11.9. The fourth-order valence-corrected chi connectivity index (χ4v) is 3.53. The van der Waals surface area contributed by atoms with Crippen molar-refractivity contribution in [1.29, 1.82) is 0 Å². The molecule has 7 heteroatoms. The van der Waals surface area contributed by atoms with Crippen LogP contribution >= 0.6 is 0 Å². The van der Waals surface area contributed by atoms with Crippen LogP contribution in [0.15, 0.2) is 24.3 Å². The molecule has 3 heterocycles. The maximum Gasteiger partial charge on any atom is 0.208 e. The number of para-hydroxylation sites is 2. The molecule has 1 fully saturated rings. The highest BCUT2D eigenvalue weighted by molar-refractivity contribution is 5.79. The number of morpholine rings is 1. The molecule has 4 rings (SSSR count). The highest BCUT2D eigenvalue weighted by Gasteiger charge is 2.26. The molecule has 0 unspecified atom stereocenters. The smallest absolute Gasteiger partial charge is 0.208 e. The van der Waals surface area contributed by atoms with Gasteiger partial charge in [-0.2, -0.15) is 0 Å². The predicted molar refractivity (Wildman–Crippen MR) is 93.0 cm³/mol. The number of benzene rings is 1. The number of aromatic nitrogens is 2. The Bertz CT molecular complexity index is 683. The third-order valence-corrected chi connectivity index (χ3v) is 4.84. The first-order chi connectivity index (χ1) is 11.8. The average molecular weight is 331 g/mol. The van der Waals surface area contributed by atoms with Gasteiger partial charge in [-0.15, -0.1) is 0 Å². The maximum absolute atomic E-state index is 9.34. The second kappa shape index (κ2) is 7.06. The lowest BCUT2D eigenvalue weighted by Crippen LogP contribution is -2.49. The Labute approximate surface area is 142 Å². The molecule has 2 aliphatic heterocycles. The molecule has 2 aromatic rings. The van der Waals surface area contributed by atoms with Gasteiger partial charge in [-0.1, -0.05) is 12.1 Å². The summed E-state index contributed by atoms with van der Waals surface area (Å²) < 4.78 is 7.69. The number of rotatable bonds is 5. The van der Waals surface area contributed by atoms with Crippen LogP contribution in [-0.2, 0) is 11.4 Å². The molecule has 0 atom stereocenters. The third-order valence-electron chi connectivity index (χ3n) is 4.84. The monoisotopic (exact) mass is 331 g/mol. The first kappa shape index (κ1) is 15.8. The summed E-state index contributed by atoms with van der Waals surface area (Å²) in [5.41, 5.74) is 2.20. The van der Waals surface area contributed by atoms with Crippen LogP contribution in [0, 0.1) is 0 Å². The highest BCUT2D eigenvalue weighted by Crippen LogP contribution is 2.26. The van der Waals surface area contributed by atoms with E-state index in [2.05, 4.69) is 37.5 Å². The van der Waals surface area contributed by atoms with Crippen molar-refractivity contribution in [3.8, 4) is 0 Å². The molecule has 2 aliphatic rings. The lowest BCUT2D eigenvalue weighted by atomic mass is 10.3. The first-order valence-corrected chi connectivity index (χ1v) is 8.69. The zero-order valence-electron chi connectivity index (χ0n) is 14.0. The number of anilines is 1. The Morgan fingerprint density at radius 3 is 2.67 bits per heavy atom. The molecule has 0 bridgehead atoms. The number of β-amino-alcohol motifs (C(OH)–C–C–N with tert-alkyl or cyclic N) is 1. The van der Waals surface area contributed by atoms with Crippen molar-refractivity contribution in [2.45, 2.75) is 6.67 Å². The van der Waals surface area contributed by atoms with Crippen LogP contribution in [0.1, 0.15) is 0 Å². The van der Waals surface area contributed by atoms with E-state index in [0.29, 0.717) is 6.54 Å². The van der Waals surface area contributed by atoms with Crippen LogP contribution in [0.25, 0.3) is 11.0 Å². The largest absolute Gasteiger partial charge is 0.395 e. The molecule has 7 nitrogen and oxygen atoms in total. The van der Waals surface area contributed by atoms with Crippen LogP contribution < -0.4 is 4.90 Å². The number of hydrogen-bond donors (Lipinski definition) is 1. The third kappa shape index (κ3) is 3.12. The summed E-state index contributed by atoms with van der Waals surface area (Å²) >= 11 is 0. The normalized spacial score (nSPS) is 19.8. The van der Waals surface area contributed by atoms with Gasteiger partial charge >= 0.3 is 0 Å². The quantitative estimate of drug-likeness (QED) is 0.856. The second-order valence-electron chi connectivity index (χ2n) is 6.45. The first-order valence-electron chi connectivity index (χ1n) is 8.69. The topological polar surface area (TPSA) is 57.0 Å². The zero-order valence-corrected chi connectivity index (χ0v) is 14.0. The second-order valence-corrected chi connectivity index (χ2v) is 6.45. The summed E-state index contributed by atoms with van der Waals surface area (Å²) in [5, 5.41) is 9.34. The molecular formula is C17H25N5O2. The van der Waals surface area contributed by atoms with Crippen LogP contribution in [-0.4, -0.2) is 83.7 Å². The molecule has 0 saturated carbocycles. The number of imidazole rings is 1. The number of hydrogen-bond acceptors (Lipinski definition) is 6. The van der Waals surface area contributed by atoms with Crippen molar-refractivity contribution in [2.75, 3.05) is 64.1 Å². The van der Waals surface area contributed by atoms with Crippen LogP contribution in [0.3, 0.4) is 0 Å². The molecule has 1 aromatic heterocycles. The van der Waals surface area contributed by atoms with E-state index in [0.717, 1.165) is 69.7 Å². The number of fused-ring (bicyclic) bond motifs is 3. The van der Waals surface area contributed by atoms with Crippen molar-refractivity contribution in [1.82, 2.24) is 19.4 Å². The van der Waals surface area contributed by atoms with Crippen molar-refractivity contribution in [2.24, 2.45) is 0 Å². The van der Waals surface area contributed by atoms with Crippen LogP contribution in [0.4, 0.5) is 5.95 Å². The van der Waals surface area contributed by atoms with Crippen LogP contribution in [0.2, 0.25) is 0 Å². The number of nitrogens with zero attached hydrogens (tertiary/aromatic N) is 5. The SMILES string of the molecule is OCCN1CN(CCN2CCOCC2)c2nc3ccccc3n2C1. The number of aliphatic hydroxyl groups excluding tert-OH is 1. The number of aliphatic hydroxyl groups is 1. The van der Waals surface area contributed by atoms with Gasteiger partial charge in [-0.05, 0) is 12.1 Å². The molecule has 0 spiro atoms. The van der Waals surface area contributed by atoms with Gasteiger partial charge in [-0.25, -0.2) is 4.98 Å². The van der Waals surface area contributed by atoms with E-state index in [9.17, 15) is 5.11 Å². The van der Waals surface area contributed by atoms with E-state index in [-0.39, 0.29) is 6.61 Å². The lowest BCUT2D eigenvalue weighted by molar-refractivity contribution is 0.0384. The average Bonchev–Trinajstić information content (AvgIpc) is 3.00. The van der Waals surface area contributed by atoms with E-state index in [4.69, 9.17) is 9.72 Å². The minimum Gasteiger partial charge on any atom is -0.395 e. The molecular weight excluding hydrogens is 306 g/mol. The fourth-order valence-electron chi connectivity index (χ4n) is 3.53. The van der Waals surface area contributed by atoms with Gasteiger partial charge < -0.3 is 14.7 Å². The molecule has 1 N–H and O–H groups in total. The lowest BCUT2D eigenvalue weighted by Gasteiger charge is -2.38. The van der Waals surface area contributed by atoms with Gasteiger partial charge in [0.2, 0.25) is 5.95 Å². The minimum atomic E-state index is 0.180. The summed E-state index contributed by atoms with van der Waals surface area (Å²) in [6.45, 7) is 8.07. The van der Waals surface area contributed by atoms with E-state index in [1.54, 1.807) is 0 Å². The van der Waals surface area contributed by atoms with Crippen molar-refractivity contribution >= 4 is 17.0 Å². The van der Waals surface area contributed by atoms with E-state index >= 15 is 0 Å². The van der Waals surface area contributed by atoms with E-state index in [1.165, 1.54) is 0 Å². The van der Waals surface area contributed by atoms with Gasteiger partial charge in [0.15, 0.2) is 0 Å². The fraction of sp³-hybridized carbons (Fsp3) is 0.588. The minimum absolute atomic E-state index is 0.180. The molecule has 0 aliphatic carbocycles. The van der Waals surface area contributed by atoms with Crippen molar-refractivity contribution < 1.29 is 9.84 Å². The van der Waals surface area contributed by atoms with Crippen molar-refractivity contribution in [3.63, 3.8) is 0 Å². The predicted octanol–water partition coefficient (Wildman–Crippen LogP) is 0.398. The summed E-state index contributed by atoms with van der Waals surface area (Å²) in [6, 6.07) is 8.27. The Morgan fingerprint density at radius 1 is 1.00 bits per heavy atom. The zero-order chi connectivity index (χ0) is 16.4. The maximum atomic E-state index is 9.34. The highest BCUT2D eigenvalue weighted by atomic mass is 16.5. The molecule has 0 radical (unpaired) electrons. The van der Waals surface area contributed by atoms with Crippen LogP contribution in [0.5, 0.6) is 0 Å². The van der Waals surface area contributed by atoms with Gasteiger partial charge in [0.1, 0.15) is 0 Å². The summed E-state index contributed by atoms with van der Waals surface area (Å²) in [6.07, 6.45) is 0. The van der Waals surface area contributed by atoms with Gasteiger partial charge in [0, 0.05) is 32.7 Å². The molecule has 1 aromatic carbocycles. The Hall–Kier alpha value is -1.67. The van der Waals surface area contributed by atoms with Gasteiger partial charge in [0.05, 0.1) is 44.2 Å². The number of ether oxygens (including phenoxy) is 1. The molecule has 130 valence electrons. The Kier molecular flexibility index (Phi) is 4.66. The van der Waals surface area contributed by atoms with Gasteiger partial charge in [-0.3, -0.25) is 14.4 Å². The Morgan fingerprint density at radius 2 is 1.83 bits per heavy atom. The van der Waals surface area contributed by atoms with Gasteiger partial charge in [0.25, 0.3) is 0 Å². The molecule has 1 saturated heterocycles. The van der Waals surface area contributed by atoms with Crippen molar-refractivity contribution in [3.05, 3.63) is 24.3 Å². The molecule has 0 amide bonds. The summed E-state index contributed by atoms with van der Waals surface area (Å²) in [5.74, 6) is 1.04. The standard InChI is InChI=1S/C17H25N5O2/c23-10-7-20-13-21(6-5-19-8-11-24-12-9-19)17-18-15-3-1-2-4-16(15)22(17)14-20/h1-4,23H,5-14H2. The Balaban J connectivity index is 1.56. The summed E-state index contributed by atoms with van der Waals surface area (Å²) in [7, 11) is 0. The van der Waals surface area contributed by atoms with E-state index in [1.807, 2.05) is 6.07 Å².